The van der Waals surface area contributed by atoms with E-state index in [0.29, 0.717) is 16.8 Å². The summed E-state index contributed by atoms with van der Waals surface area (Å²) in [7, 11) is 0. The standard InChI is InChI=1S/C31H36N8O7/c32-22(13-19-15-34-16-36-19)28(42)37-24(9-10-27(33)41)29(43)38-25(12-18-14-35-23-4-2-1-3-21(18)23)30(44)39-26(31(45)46)11-17-5-7-20(40)8-6-17/h1-8,14-16,22,24-26,35,40H,9-13,32H2,(H2,33,41)(H,34,36)(H,37,42)(H,38,43)(H,39,44)(H,45,46). The number of hydrogen-bond acceptors (Lipinski definition) is 8. The molecule has 46 heavy (non-hydrogen) atoms. The van der Waals surface area contributed by atoms with E-state index in [4.69, 9.17) is 11.5 Å². The number of amides is 4. The third-order valence-electron chi connectivity index (χ3n) is 7.37. The zero-order valence-corrected chi connectivity index (χ0v) is 24.7. The van der Waals surface area contributed by atoms with Crippen molar-refractivity contribution in [1.82, 2.24) is 30.9 Å². The number of benzene rings is 2. The summed E-state index contributed by atoms with van der Waals surface area (Å²) in [5.41, 5.74) is 13.9. The van der Waals surface area contributed by atoms with Gasteiger partial charge in [0.25, 0.3) is 0 Å². The number of fused-ring (bicyclic) bond motifs is 1. The predicted octanol–water partition coefficient (Wildman–Crippen LogP) is -0.244. The lowest BCUT2D eigenvalue weighted by Crippen LogP contribution is -2.58. The van der Waals surface area contributed by atoms with Crippen molar-refractivity contribution < 1.29 is 34.2 Å². The van der Waals surface area contributed by atoms with Gasteiger partial charge in [-0.25, -0.2) is 9.78 Å². The maximum atomic E-state index is 13.7. The van der Waals surface area contributed by atoms with E-state index >= 15 is 0 Å². The monoisotopic (exact) mass is 632 g/mol. The number of hydrogen-bond donors (Lipinski definition) is 9. The number of aromatic nitrogens is 3. The highest BCUT2D eigenvalue weighted by atomic mass is 16.4. The summed E-state index contributed by atoms with van der Waals surface area (Å²) in [6, 6.07) is 8.17. The number of primary amides is 1. The number of nitrogens with one attached hydrogen (secondary N) is 5. The fourth-order valence-corrected chi connectivity index (χ4v) is 4.90. The van der Waals surface area contributed by atoms with Crippen LogP contribution in [-0.2, 0) is 43.2 Å². The molecule has 0 fully saturated rings. The molecule has 0 bridgehead atoms. The smallest absolute Gasteiger partial charge is 0.326 e. The molecule has 2 aromatic heterocycles. The molecule has 2 heterocycles. The number of nitrogens with zero attached hydrogens (tertiary/aromatic N) is 1. The topological polar surface area (TPSA) is 258 Å². The average Bonchev–Trinajstić information content (AvgIpc) is 3.69. The van der Waals surface area contributed by atoms with Crippen molar-refractivity contribution in [2.75, 3.05) is 0 Å². The van der Waals surface area contributed by atoms with E-state index in [1.165, 1.54) is 36.8 Å². The second-order valence-corrected chi connectivity index (χ2v) is 10.8. The Balaban J connectivity index is 1.55. The molecule has 4 rings (SSSR count). The molecule has 0 saturated heterocycles. The van der Waals surface area contributed by atoms with Crippen LogP contribution in [0.4, 0.5) is 0 Å². The summed E-state index contributed by atoms with van der Waals surface area (Å²) < 4.78 is 0. The quantitative estimate of drug-likeness (QED) is 0.0788. The molecule has 11 N–H and O–H groups in total. The molecule has 2 aromatic carbocycles. The van der Waals surface area contributed by atoms with Crippen LogP contribution in [0.5, 0.6) is 5.75 Å². The van der Waals surface area contributed by atoms with Gasteiger partial charge in [-0.15, -0.1) is 0 Å². The van der Waals surface area contributed by atoms with Gasteiger partial charge >= 0.3 is 5.97 Å². The van der Waals surface area contributed by atoms with Crippen LogP contribution in [0.2, 0.25) is 0 Å². The number of carboxylic acid groups (broad SMARTS) is 1. The third kappa shape index (κ3) is 9.15. The second kappa shape index (κ2) is 15.3. The number of H-pyrrole nitrogens is 2. The highest BCUT2D eigenvalue weighted by Gasteiger charge is 2.31. The molecule has 0 radical (unpaired) electrons. The average molecular weight is 633 g/mol. The molecule has 4 unspecified atom stereocenters. The largest absolute Gasteiger partial charge is 0.508 e. The highest BCUT2D eigenvalue weighted by molar-refractivity contribution is 5.95. The van der Waals surface area contributed by atoms with Gasteiger partial charge < -0.3 is 47.6 Å². The normalized spacial score (nSPS) is 13.7. The van der Waals surface area contributed by atoms with Crippen LogP contribution in [0.25, 0.3) is 10.9 Å². The van der Waals surface area contributed by atoms with Gasteiger partial charge in [0.2, 0.25) is 23.6 Å². The van der Waals surface area contributed by atoms with Gasteiger partial charge in [-0.2, -0.15) is 0 Å². The Morgan fingerprint density at radius 2 is 1.50 bits per heavy atom. The van der Waals surface area contributed by atoms with Crippen molar-refractivity contribution in [2.24, 2.45) is 11.5 Å². The summed E-state index contributed by atoms with van der Waals surface area (Å²) in [5, 5.41) is 27.9. The first-order valence-corrected chi connectivity index (χ1v) is 14.5. The Morgan fingerprint density at radius 1 is 0.826 bits per heavy atom. The molecule has 0 aliphatic heterocycles. The zero-order valence-electron chi connectivity index (χ0n) is 24.7. The van der Waals surface area contributed by atoms with Gasteiger partial charge in [0, 0.05) is 54.7 Å². The van der Waals surface area contributed by atoms with Crippen LogP contribution in [-0.4, -0.2) is 78.9 Å². The van der Waals surface area contributed by atoms with Crippen molar-refractivity contribution in [3.05, 3.63) is 84.1 Å². The minimum absolute atomic E-state index is 0.00131. The number of aromatic hydroxyl groups is 1. The van der Waals surface area contributed by atoms with E-state index in [-0.39, 0.29) is 37.9 Å². The fourth-order valence-electron chi connectivity index (χ4n) is 4.90. The van der Waals surface area contributed by atoms with E-state index in [1.807, 2.05) is 24.3 Å². The zero-order chi connectivity index (χ0) is 33.2. The molecular weight excluding hydrogens is 596 g/mol. The lowest BCUT2D eigenvalue weighted by molar-refractivity contribution is -0.142. The number of carbonyl (C=O) groups is 5. The Labute approximate surface area is 263 Å². The second-order valence-electron chi connectivity index (χ2n) is 10.8. The first kappa shape index (κ1) is 33.2. The maximum absolute atomic E-state index is 13.7. The molecular formula is C31H36N8O7. The van der Waals surface area contributed by atoms with E-state index < -0.39 is 53.8 Å². The number of para-hydroxylation sites is 1. The van der Waals surface area contributed by atoms with Crippen LogP contribution in [0.3, 0.4) is 0 Å². The fraction of sp³-hybridized carbons (Fsp3) is 0.290. The van der Waals surface area contributed by atoms with Crippen LogP contribution in [0.1, 0.15) is 29.7 Å². The van der Waals surface area contributed by atoms with Crippen LogP contribution >= 0.6 is 0 Å². The van der Waals surface area contributed by atoms with Gasteiger partial charge in [-0.05, 0) is 35.7 Å². The maximum Gasteiger partial charge on any atom is 0.326 e. The summed E-state index contributed by atoms with van der Waals surface area (Å²) in [6.07, 6.45) is 4.16. The van der Waals surface area contributed by atoms with Crippen molar-refractivity contribution >= 4 is 40.5 Å². The van der Waals surface area contributed by atoms with E-state index in [2.05, 4.69) is 30.9 Å². The van der Waals surface area contributed by atoms with Crippen molar-refractivity contribution in [2.45, 2.75) is 56.3 Å². The summed E-state index contributed by atoms with van der Waals surface area (Å²) >= 11 is 0. The molecule has 0 spiro atoms. The van der Waals surface area contributed by atoms with Gasteiger partial charge in [0.1, 0.15) is 23.9 Å². The van der Waals surface area contributed by atoms with E-state index in [9.17, 15) is 34.2 Å². The molecule has 4 atom stereocenters. The number of carboxylic acids is 1. The number of rotatable bonds is 16. The molecule has 242 valence electrons. The SMILES string of the molecule is NC(=O)CCC(NC(=O)C(N)Cc1cnc[nH]1)C(=O)NC(Cc1c[nH]c2ccccc12)C(=O)NC(Cc1ccc(O)cc1)C(=O)O. The van der Waals surface area contributed by atoms with Gasteiger partial charge in [-0.1, -0.05) is 30.3 Å². The molecule has 4 aromatic rings. The summed E-state index contributed by atoms with van der Waals surface area (Å²) in [6.45, 7) is 0. The van der Waals surface area contributed by atoms with Crippen LogP contribution < -0.4 is 27.4 Å². The molecule has 4 amide bonds. The van der Waals surface area contributed by atoms with Gasteiger partial charge in [-0.3, -0.25) is 19.2 Å². The molecule has 0 aliphatic carbocycles. The number of phenols is 1. The van der Waals surface area contributed by atoms with Gasteiger partial charge in [0.05, 0.1) is 12.4 Å². The molecule has 0 aliphatic rings. The number of carbonyl (C=O) groups excluding carboxylic acids is 4. The van der Waals surface area contributed by atoms with Gasteiger partial charge in [0.15, 0.2) is 0 Å². The Hall–Kier alpha value is -5.70. The Kier molecular flexibility index (Phi) is 11.1. The van der Waals surface area contributed by atoms with Crippen molar-refractivity contribution in [3.8, 4) is 5.75 Å². The van der Waals surface area contributed by atoms with Crippen molar-refractivity contribution in [1.29, 1.82) is 0 Å². The van der Waals surface area contributed by atoms with E-state index in [1.54, 1.807) is 6.20 Å². The predicted molar refractivity (Wildman–Crippen MR) is 166 cm³/mol. The van der Waals surface area contributed by atoms with E-state index in [0.717, 1.165) is 10.9 Å². The summed E-state index contributed by atoms with van der Waals surface area (Å²) in [4.78, 5) is 73.8. The minimum Gasteiger partial charge on any atom is -0.508 e. The Bertz CT molecular complexity index is 1670. The number of aromatic amines is 2. The molecule has 15 heteroatoms. The number of nitrogens with two attached hydrogens (primary N) is 2. The highest BCUT2D eigenvalue weighted by Crippen LogP contribution is 2.20. The Morgan fingerprint density at radius 3 is 2.17 bits per heavy atom. The lowest BCUT2D eigenvalue weighted by Gasteiger charge is -2.25. The first-order chi connectivity index (χ1) is 22.0. The number of imidazole rings is 1. The lowest BCUT2D eigenvalue weighted by atomic mass is 10.0. The minimum atomic E-state index is -1.37. The third-order valence-corrected chi connectivity index (χ3v) is 7.37. The number of phenolic OH excluding ortho intramolecular Hbond substituents is 1. The van der Waals surface area contributed by atoms with Crippen molar-refractivity contribution in [3.63, 3.8) is 0 Å². The number of aliphatic carboxylic acids is 1. The van der Waals surface area contributed by atoms with Crippen LogP contribution in [0, 0.1) is 0 Å². The summed E-state index contributed by atoms with van der Waals surface area (Å²) in [5.74, 6) is -4.29. The van der Waals surface area contributed by atoms with Crippen LogP contribution in [0.15, 0.2) is 67.3 Å². The molecule has 15 nitrogen and oxygen atoms in total. The first-order valence-electron chi connectivity index (χ1n) is 14.5. The molecule has 0 saturated carbocycles.